The Kier molecular flexibility index (Phi) is 4.92. The normalized spacial score (nSPS) is 16.6. The highest BCUT2D eigenvalue weighted by Crippen LogP contribution is 2.38. The van der Waals surface area contributed by atoms with Gasteiger partial charge in [0.2, 0.25) is 11.3 Å². The van der Waals surface area contributed by atoms with E-state index in [1.54, 1.807) is 38.1 Å². The van der Waals surface area contributed by atoms with E-state index in [9.17, 15) is 8.60 Å². The molecule has 0 aliphatic carbocycles. The maximum atomic E-state index is 13.2. The van der Waals surface area contributed by atoms with Gasteiger partial charge in [-0.3, -0.25) is 4.55 Å². The smallest absolute Gasteiger partial charge is 0.232 e. The van der Waals surface area contributed by atoms with Crippen LogP contribution in [0.5, 0.6) is 5.75 Å². The Bertz CT molecular complexity index is 869. The molecule has 2 aromatic rings. The van der Waals surface area contributed by atoms with Gasteiger partial charge in [-0.15, -0.1) is 0 Å². The fourth-order valence-electron chi connectivity index (χ4n) is 2.63. The number of aliphatic imine (C=N–C) groups is 1. The van der Waals surface area contributed by atoms with Crippen LogP contribution >= 0.6 is 11.6 Å². The van der Waals surface area contributed by atoms with Crippen LogP contribution in [0, 0.1) is 5.82 Å². The molecule has 25 heavy (non-hydrogen) atoms. The Balaban J connectivity index is 2.09. The molecular formula is C17H16ClFN2O3S. The molecule has 2 N–H and O–H groups in total. The summed E-state index contributed by atoms with van der Waals surface area (Å²) in [5, 5.41) is 0.400. The van der Waals surface area contributed by atoms with E-state index in [4.69, 9.17) is 20.9 Å². The summed E-state index contributed by atoms with van der Waals surface area (Å²) in [6, 6.07) is 9.44. The maximum absolute atomic E-state index is 13.2. The van der Waals surface area contributed by atoms with Gasteiger partial charge in [-0.05, 0) is 55.8 Å². The molecule has 5 nitrogen and oxygen atoms in total. The molecule has 0 saturated carbocycles. The van der Waals surface area contributed by atoms with Crippen molar-refractivity contribution in [2.75, 3.05) is 0 Å². The molecule has 1 atom stereocenters. The number of ether oxygens (including phenoxy) is 1. The van der Waals surface area contributed by atoms with Gasteiger partial charge in [0.15, 0.2) is 5.72 Å². The van der Waals surface area contributed by atoms with Crippen LogP contribution in [0.15, 0.2) is 41.4 Å². The zero-order chi connectivity index (χ0) is 18.2. The van der Waals surface area contributed by atoms with Crippen molar-refractivity contribution in [3.8, 4) is 5.75 Å². The average Bonchev–Trinajstić information content (AvgIpc) is 2.51. The van der Waals surface area contributed by atoms with Gasteiger partial charge in [0.1, 0.15) is 11.6 Å². The van der Waals surface area contributed by atoms with Gasteiger partial charge < -0.3 is 4.74 Å². The van der Waals surface area contributed by atoms with Crippen molar-refractivity contribution in [3.05, 3.63) is 63.9 Å². The molecule has 3 rings (SSSR count). The molecule has 2 aromatic carbocycles. The molecule has 1 unspecified atom stereocenters. The highest BCUT2D eigenvalue weighted by Gasteiger charge is 2.30. The Morgan fingerprint density at radius 2 is 2.00 bits per heavy atom. The molecule has 1 aliphatic heterocycles. The zero-order valence-corrected chi connectivity index (χ0v) is 15.1. The van der Waals surface area contributed by atoms with Crippen molar-refractivity contribution < 1.29 is 17.9 Å². The fourth-order valence-corrected chi connectivity index (χ4v) is 3.24. The minimum absolute atomic E-state index is 0.156. The van der Waals surface area contributed by atoms with Crippen LogP contribution in [0.1, 0.15) is 30.5 Å². The quantitative estimate of drug-likeness (QED) is 0.792. The van der Waals surface area contributed by atoms with Crippen LogP contribution in [0.3, 0.4) is 0 Å². The number of hydrogen-bond acceptors (Lipinski definition) is 3. The first-order valence-electron chi connectivity index (χ1n) is 7.47. The van der Waals surface area contributed by atoms with Crippen molar-refractivity contribution in [2.24, 2.45) is 4.99 Å². The fraction of sp³-hybridized carbons (Fsp3) is 0.235. The van der Waals surface area contributed by atoms with E-state index in [2.05, 4.69) is 9.71 Å². The molecule has 132 valence electrons. The van der Waals surface area contributed by atoms with Crippen molar-refractivity contribution in [1.29, 1.82) is 0 Å². The number of nitrogens with zero attached hydrogens (tertiary/aromatic N) is 1. The van der Waals surface area contributed by atoms with E-state index in [1.165, 1.54) is 12.1 Å². The van der Waals surface area contributed by atoms with Gasteiger partial charge in [0.25, 0.3) is 0 Å². The number of rotatable bonds is 4. The van der Waals surface area contributed by atoms with E-state index in [0.717, 1.165) is 5.56 Å². The maximum Gasteiger partial charge on any atom is 0.232 e. The number of benzene rings is 2. The van der Waals surface area contributed by atoms with Crippen LogP contribution in [-0.4, -0.2) is 20.2 Å². The molecule has 0 radical (unpaired) electrons. The first-order valence-corrected chi connectivity index (χ1v) is 8.95. The Labute approximate surface area is 152 Å². The van der Waals surface area contributed by atoms with Crippen molar-refractivity contribution >= 4 is 28.6 Å². The summed E-state index contributed by atoms with van der Waals surface area (Å²) in [5.41, 5.74) is 1.82. The molecule has 1 aliphatic rings. The van der Waals surface area contributed by atoms with Gasteiger partial charge in [0.05, 0.1) is 16.3 Å². The highest BCUT2D eigenvalue weighted by molar-refractivity contribution is 7.77. The minimum atomic E-state index is -2.12. The van der Waals surface area contributed by atoms with Crippen LogP contribution in [0.25, 0.3) is 0 Å². The lowest BCUT2D eigenvalue weighted by Crippen LogP contribution is -2.33. The van der Waals surface area contributed by atoms with E-state index in [-0.39, 0.29) is 12.4 Å². The molecular weight excluding hydrogens is 367 g/mol. The first-order chi connectivity index (χ1) is 11.7. The minimum Gasteiger partial charge on any atom is -0.466 e. The summed E-state index contributed by atoms with van der Waals surface area (Å²) in [6.07, 6.45) is 0. The van der Waals surface area contributed by atoms with E-state index in [1.807, 2.05) is 0 Å². The Morgan fingerprint density at radius 3 is 2.64 bits per heavy atom. The zero-order valence-electron chi connectivity index (χ0n) is 13.5. The molecule has 0 fully saturated rings. The van der Waals surface area contributed by atoms with Gasteiger partial charge in [-0.25, -0.2) is 18.3 Å². The van der Waals surface area contributed by atoms with Crippen LogP contribution < -0.4 is 9.46 Å². The van der Waals surface area contributed by atoms with Crippen molar-refractivity contribution in [1.82, 2.24) is 4.72 Å². The summed E-state index contributed by atoms with van der Waals surface area (Å²) in [5.74, 6) is 0.188. The molecule has 0 amide bonds. The monoisotopic (exact) mass is 382 g/mol. The van der Waals surface area contributed by atoms with Gasteiger partial charge in [0, 0.05) is 12.1 Å². The number of hydrogen-bond donors (Lipinski definition) is 2. The summed E-state index contributed by atoms with van der Waals surface area (Å²) in [7, 11) is 0. The van der Waals surface area contributed by atoms with Gasteiger partial charge >= 0.3 is 0 Å². The number of halogens is 2. The van der Waals surface area contributed by atoms with E-state index in [0.29, 0.717) is 27.6 Å². The van der Waals surface area contributed by atoms with E-state index < -0.39 is 17.0 Å². The predicted molar refractivity (Wildman–Crippen MR) is 95.8 cm³/mol. The van der Waals surface area contributed by atoms with Crippen molar-refractivity contribution in [3.63, 3.8) is 0 Å². The standard InChI is InChI=1S/C17H16ClFN2O3S/c1-17(2)21-16(11-3-5-12(19)6-4-11)15-13(18)7-10(8-14(15)24-17)9-20-25(22)23/h3-8,20H,9H2,1-2H3,(H,22,23). The lowest BCUT2D eigenvalue weighted by atomic mass is 9.97. The third-order valence-electron chi connectivity index (χ3n) is 3.61. The summed E-state index contributed by atoms with van der Waals surface area (Å²) < 4.78 is 41.2. The lowest BCUT2D eigenvalue weighted by molar-refractivity contribution is 0.115. The largest absolute Gasteiger partial charge is 0.466 e. The molecule has 0 spiro atoms. The molecule has 1 heterocycles. The third-order valence-corrected chi connectivity index (χ3v) is 4.30. The van der Waals surface area contributed by atoms with Crippen LogP contribution in [0.2, 0.25) is 5.02 Å². The second kappa shape index (κ2) is 6.84. The predicted octanol–water partition coefficient (Wildman–Crippen LogP) is 3.67. The second-order valence-electron chi connectivity index (χ2n) is 6.04. The lowest BCUT2D eigenvalue weighted by Gasteiger charge is -2.31. The Hall–Kier alpha value is -1.80. The molecule has 0 aromatic heterocycles. The van der Waals surface area contributed by atoms with E-state index >= 15 is 0 Å². The second-order valence-corrected chi connectivity index (χ2v) is 7.23. The average molecular weight is 383 g/mol. The highest BCUT2D eigenvalue weighted by atomic mass is 35.5. The summed E-state index contributed by atoms with van der Waals surface area (Å²) in [6.45, 7) is 3.77. The van der Waals surface area contributed by atoms with Crippen LogP contribution in [-0.2, 0) is 17.8 Å². The van der Waals surface area contributed by atoms with Crippen molar-refractivity contribution in [2.45, 2.75) is 26.1 Å². The third kappa shape index (κ3) is 4.07. The number of nitrogens with one attached hydrogen (secondary N) is 1. The summed E-state index contributed by atoms with van der Waals surface area (Å²) in [4.78, 5) is 4.60. The molecule has 0 bridgehead atoms. The molecule has 8 heteroatoms. The SMILES string of the molecule is CC1(C)N=C(c2ccc(F)cc2)c2c(Cl)cc(CNS(=O)O)cc2O1. The van der Waals surface area contributed by atoms with Gasteiger partial charge in [-0.1, -0.05) is 11.6 Å². The van der Waals surface area contributed by atoms with Crippen LogP contribution in [0.4, 0.5) is 4.39 Å². The molecule has 0 saturated heterocycles. The first kappa shape index (κ1) is 18.0. The van der Waals surface area contributed by atoms with Gasteiger partial charge in [-0.2, -0.15) is 0 Å². The summed E-state index contributed by atoms with van der Waals surface area (Å²) >= 11 is 4.31. The number of fused-ring (bicyclic) bond motifs is 1. The topological polar surface area (TPSA) is 70.9 Å². The Morgan fingerprint density at radius 1 is 1.32 bits per heavy atom.